The van der Waals surface area contributed by atoms with Gasteiger partial charge in [0.1, 0.15) is 17.3 Å². The van der Waals surface area contributed by atoms with Crippen LogP contribution in [-0.2, 0) is 6.54 Å². The summed E-state index contributed by atoms with van der Waals surface area (Å²) in [5.41, 5.74) is 2.76. The normalized spacial score (nSPS) is 11.3. The lowest BCUT2D eigenvalue weighted by atomic mass is 10.1. The van der Waals surface area contributed by atoms with E-state index in [4.69, 9.17) is 0 Å². The number of rotatable bonds is 3. The average molecular weight is 316 g/mol. The fraction of sp³-hybridized carbons (Fsp3) is 0.294. The molecular formula is C17H17FN2OS. The monoisotopic (exact) mass is 316 g/mol. The van der Waals surface area contributed by atoms with Gasteiger partial charge in [-0.05, 0) is 26.3 Å². The molecule has 0 spiro atoms. The van der Waals surface area contributed by atoms with Gasteiger partial charge in [-0.1, -0.05) is 29.8 Å². The van der Waals surface area contributed by atoms with Crippen LogP contribution < -0.4 is 5.56 Å². The van der Waals surface area contributed by atoms with Gasteiger partial charge in [0.05, 0.1) is 11.9 Å². The molecule has 0 atom stereocenters. The van der Waals surface area contributed by atoms with Crippen molar-refractivity contribution in [2.45, 2.75) is 27.3 Å². The van der Waals surface area contributed by atoms with E-state index in [1.807, 2.05) is 45.0 Å². The van der Waals surface area contributed by atoms with Crippen LogP contribution in [0.2, 0.25) is 0 Å². The van der Waals surface area contributed by atoms with Gasteiger partial charge in [0.15, 0.2) is 0 Å². The quantitative estimate of drug-likeness (QED) is 0.731. The Balaban J connectivity index is 2.35. The minimum absolute atomic E-state index is 0.0271. The van der Waals surface area contributed by atoms with Crippen molar-refractivity contribution in [1.29, 1.82) is 0 Å². The number of hydrogen-bond donors (Lipinski definition) is 0. The average Bonchev–Trinajstić information content (AvgIpc) is 2.78. The first-order valence-corrected chi connectivity index (χ1v) is 7.98. The number of hydrogen-bond acceptors (Lipinski definition) is 3. The standard InChI is InChI=1S/C17H17FN2OS/c1-10-4-6-13(7-5-10)15-19-16-14(11(2)12(3)22-16)17(21)20(15)9-8-18/h4-7H,8-9H2,1-3H3. The smallest absolute Gasteiger partial charge is 0.262 e. The zero-order valence-corrected chi connectivity index (χ0v) is 13.6. The van der Waals surface area contributed by atoms with Gasteiger partial charge in [-0.2, -0.15) is 0 Å². The van der Waals surface area contributed by atoms with Gasteiger partial charge in [-0.15, -0.1) is 11.3 Å². The molecule has 0 unspecified atom stereocenters. The lowest BCUT2D eigenvalue weighted by molar-refractivity contribution is 0.441. The molecule has 3 rings (SSSR count). The molecule has 0 saturated heterocycles. The number of thiophene rings is 1. The molecule has 0 fully saturated rings. The first-order chi connectivity index (χ1) is 10.5. The summed E-state index contributed by atoms with van der Waals surface area (Å²) >= 11 is 1.51. The number of halogens is 1. The second-order valence-corrected chi connectivity index (χ2v) is 6.61. The Morgan fingerprint density at radius 2 is 1.86 bits per heavy atom. The van der Waals surface area contributed by atoms with E-state index < -0.39 is 6.67 Å². The Kier molecular flexibility index (Phi) is 3.83. The largest absolute Gasteiger partial charge is 0.289 e. The Morgan fingerprint density at radius 3 is 2.50 bits per heavy atom. The zero-order chi connectivity index (χ0) is 15.9. The summed E-state index contributed by atoms with van der Waals surface area (Å²) in [5.74, 6) is 0.538. The van der Waals surface area contributed by atoms with Gasteiger partial charge in [-0.25, -0.2) is 9.37 Å². The second kappa shape index (κ2) is 5.65. The summed E-state index contributed by atoms with van der Waals surface area (Å²) in [6.07, 6.45) is 0. The molecule has 0 aliphatic carbocycles. The van der Waals surface area contributed by atoms with Crippen LogP contribution in [0.15, 0.2) is 29.1 Å². The molecule has 3 aromatic rings. The Bertz CT molecular complexity index is 894. The van der Waals surface area contributed by atoms with E-state index in [1.54, 1.807) is 0 Å². The molecule has 0 N–H and O–H groups in total. The fourth-order valence-electron chi connectivity index (χ4n) is 2.54. The summed E-state index contributed by atoms with van der Waals surface area (Å²) < 4.78 is 14.4. The van der Waals surface area contributed by atoms with Crippen molar-refractivity contribution >= 4 is 21.6 Å². The van der Waals surface area contributed by atoms with E-state index in [0.29, 0.717) is 11.2 Å². The SMILES string of the molecule is Cc1ccc(-c2nc3sc(C)c(C)c3c(=O)n2CCF)cc1. The zero-order valence-electron chi connectivity index (χ0n) is 12.8. The van der Waals surface area contributed by atoms with Crippen LogP contribution in [0.4, 0.5) is 4.39 Å². The van der Waals surface area contributed by atoms with Gasteiger partial charge in [0.2, 0.25) is 0 Å². The summed E-state index contributed by atoms with van der Waals surface area (Å²) in [4.78, 5) is 19.2. The van der Waals surface area contributed by atoms with E-state index in [1.165, 1.54) is 15.9 Å². The van der Waals surface area contributed by atoms with Crippen LogP contribution in [0.5, 0.6) is 0 Å². The lowest BCUT2D eigenvalue weighted by Crippen LogP contribution is -2.24. The maximum absolute atomic E-state index is 12.9. The molecule has 0 amide bonds. The van der Waals surface area contributed by atoms with Crippen LogP contribution in [0, 0.1) is 20.8 Å². The molecule has 1 aromatic carbocycles. The predicted molar refractivity (Wildman–Crippen MR) is 89.5 cm³/mol. The highest BCUT2D eigenvalue weighted by molar-refractivity contribution is 7.18. The van der Waals surface area contributed by atoms with Crippen LogP contribution in [0.25, 0.3) is 21.6 Å². The molecule has 0 aliphatic heterocycles. The molecule has 114 valence electrons. The van der Waals surface area contributed by atoms with Gasteiger partial charge < -0.3 is 0 Å². The third kappa shape index (κ3) is 2.35. The summed E-state index contributed by atoms with van der Waals surface area (Å²) in [7, 11) is 0. The van der Waals surface area contributed by atoms with Crippen molar-refractivity contribution in [1.82, 2.24) is 9.55 Å². The van der Waals surface area contributed by atoms with Crippen molar-refractivity contribution in [3.8, 4) is 11.4 Å². The summed E-state index contributed by atoms with van der Waals surface area (Å²) in [5, 5.41) is 0.617. The maximum Gasteiger partial charge on any atom is 0.262 e. The number of alkyl halides is 1. The topological polar surface area (TPSA) is 34.9 Å². The van der Waals surface area contributed by atoms with E-state index >= 15 is 0 Å². The number of fused-ring (bicyclic) bond motifs is 1. The van der Waals surface area contributed by atoms with Crippen molar-refractivity contribution in [2.24, 2.45) is 0 Å². The molecule has 0 aliphatic rings. The minimum atomic E-state index is -0.589. The van der Waals surface area contributed by atoms with Gasteiger partial charge in [-0.3, -0.25) is 9.36 Å². The molecule has 2 heterocycles. The Morgan fingerprint density at radius 1 is 1.18 bits per heavy atom. The van der Waals surface area contributed by atoms with Crippen molar-refractivity contribution < 1.29 is 4.39 Å². The van der Waals surface area contributed by atoms with E-state index in [2.05, 4.69) is 4.98 Å². The highest BCUT2D eigenvalue weighted by Gasteiger charge is 2.17. The van der Waals surface area contributed by atoms with Crippen molar-refractivity contribution in [3.63, 3.8) is 0 Å². The molecule has 22 heavy (non-hydrogen) atoms. The predicted octanol–water partition coefficient (Wildman–Crippen LogP) is 4.02. The van der Waals surface area contributed by atoms with E-state index in [0.717, 1.165) is 26.4 Å². The Labute approximate surface area is 132 Å². The summed E-state index contributed by atoms with van der Waals surface area (Å²) in [6, 6.07) is 7.78. The van der Waals surface area contributed by atoms with Gasteiger partial charge in [0.25, 0.3) is 5.56 Å². The number of nitrogens with zero attached hydrogens (tertiary/aromatic N) is 2. The second-order valence-electron chi connectivity index (χ2n) is 5.41. The molecule has 2 aromatic heterocycles. The third-order valence-electron chi connectivity index (χ3n) is 3.91. The molecule has 0 saturated carbocycles. The first-order valence-electron chi connectivity index (χ1n) is 7.16. The molecule has 0 radical (unpaired) electrons. The van der Waals surface area contributed by atoms with E-state index in [9.17, 15) is 9.18 Å². The number of aromatic nitrogens is 2. The van der Waals surface area contributed by atoms with Crippen molar-refractivity contribution in [2.75, 3.05) is 6.67 Å². The maximum atomic E-state index is 12.9. The van der Waals surface area contributed by atoms with Crippen LogP contribution in [-0.4, -0.2) is 16.2 Å². The first kappa shape index (κ1) is 14.9. The number of benzene rings is 1. The van der Waals surface area contributed by atoms with Gasteiger partial charge >= 0.3 is 0 Å². The summed E-state index contributed by atoms with van der Waals surface area (Å²) in [6.45, 7) is 5.34. The van der Waals surface area contributed by atoms with Crippen LogP contribution in [0.3, 0.4) is 0 Å². The third-order valence-corrected chi connectivity index (χ3v) is 5.01. The van der Waals surface area contributed by atoms with Crippen molar-refractivity contribution in [3.05, 3.63) is 50.6 Å². The highest BCUT2D eigenvalue weighted by Crippen LogP contribution is 2.28. The van der Waals surface area contributed by atoms with E-state index in [-0.39, 0.29) is 12.1 Å². The lowest BCUT2D eigenvalue weighted by Gasteiger charge is -2.11. The minimum Gasteiger partial charge on any atom is -0.289 e. The number of aryl methyl sites for hydroxylation is 3. The molecule has 3 nitrogen and oxygen atoms in total. The molecule has 5 heteroatoms. The Hall–Kier alpha value is -2.01. The highest BCUT2D eigenvalue weighted by atomic mass is 32.1. The molecular weight excluding hydrogens is 299 g/mol. The van der Waals surface area contributed by atoms with Crippen LogP contribution in [0.1, 0.15) is 16.0 Å². The van der Waals surface area contributed by atoms with Gasteiger partial charge in [0, 0.05) is 10.4 Å². The molecule has 0 bridgehead atoms. The van der Waals surface area contributed by atoms with Crippen LogP contribution >= 0.6 is 11.3 Å². The fourth-order valence-corrected chi connectivity index (χ4v) is 3.56.